The third-order valence-corrected chi connectivity index (χ3v) is 1.77. The van der Waals surface area contributed by atoms with Gasteiger partial charge in [0.05, 0.1) is 7.11 Å². The monoisotopic (exact) mass is 205 g/mol. The summed E-state index contributed by atoms with van der Waals surface area (Å²) in [6, 6.07) is 7.29. The molecule has 0 saturated carbocycles. The van der Waals surface area contributed by atoms with E-state index in [-0.39, 0.29) is 6.61 Å². The summed E-state index contributed by atoms with van der Waals surface area (Å²) in [6.45, 7) is 0.250. The molecule has 2 rings (SSSR count). The summed E-state index contributed by atoms with van der Waals surface area (Å²) in [6.07, 6.45) is 0. The predicted octanol–water partition coefficient (Wildman–Crippen LogP) is 0.416. The van der Waals surface area contributed by atoms with E-state index in [0.29, 0.717) is 11.6 Å². The molecule has 0 aliphatic heterocycles. The van der Waals surface area contributed by atoms with Gasteiger partial charge in [0.1, 0.15) is 18.1 Å². The first-order chi connectivity index (χ1) is 7.38. The quantitative estimate of drug-likeness (QED) is 0.720. The topological polar surface area (TPSA) is 71.2 Å². The Morgan fingerprint density at radius 1 is 1.33 bits per heavy atom. The number of tetrazole rings is 1. The molecule has 15 heavy (non-hydrogen) atoms. The van der Waals surface area contributed by atoms with Gasteiger partial charge in [-0.2, -0.15) is 5.21 Å². The summed E-state index contributed by atoms with van der Waals surface area (Å²) in [7, 11) is 1.60. The van der Waals surface area contributed by atoms with E-state index in [4.69, 9.17) is 9.47 Å². The number of nitrogens with zero attached hydrogens (tertiary/aromatic N) is 4. The van der Waals surface area contributed by atoms with Gasteiger partial charge in [0.15, 0.2) is 0 Å². The van der Waals surface area contributed by atoms with Gasteiger partial charge in [-0.1, -0.05) is 6.07 Å². The maximum Gasteiger partial charge on any atom is 0.123 e. The summed E-state index contributed by atoms with van der Waals surface area (Å²) >= 11 is 0. The molecule has 0 aliphatic rings. The van der Waals surface area contributed by atoms with Crippen molar-refractivity contribution in [2.45, 2.75) is 6.61 Å². The van der Waals surface area contributed by atoms with Crippen LogP contribution in [0.4, 0.5) is 0 Å². The van der Waals surface area contributed by atoms with Gasteiger partial charge in [-0.05, 0) is 12.1 Å². The van der Waals surface area contributed by atoms with Crippen LogP contribution in [0.3, 0.4) is 0 Å². The van der Waals surface area contributed by atoms with E-state index >= 15 is 0 Å². The molecular weight excluding hydrogens is 196 g/mol. The van der Waals surface area contributed by atoms with Crippen molar-refractivity contribution in [3.8, 4) is 11.5 Å². The van der Waals surface area contributed by atoms with Crippen LogP contribution in [0.1, 0.15) is 5.82 Å². The van der Waals surface area contributed by atoms with Crippen LogP contribution in [0.5, 0.6) is 11.5 Å². The first-order valence-electron chi connectivity index (χ1n) is 4.33. The smallest absolute Gasteiger partial charge is 0.123 e. The minimum atomic E-state index is 0.250. The van der Waals surface area contributed by atoms with Crippen LogP contribution in [0.15, 0.2) is 24.3 Å². The van der Waals surface area contributed by atoms with Crippen molar-refractivity contribution in [3.63, 3.8) is 0 Å². The number of ether oxygens (including phenoxy) is 2. The van der Waals surface area contributed by atoms with E-state index in [1.165, 1.54) is 0 Å². The Kier molecular flexibility index (Phi) is 2.77. The van der Waals surface area contributed by atoms with Crippen LogP contribution in [0.25, 0.3) is 0 Å². The third kappa shape index (κ3) is 2.43. The van der Waals surface area contributed by atoms with Gasteiger partial charge in [0.25, 0.3) is 0 Å². The molecule has 0 radical (unpaired) electrons. The van der Waals surface area contributed by atoms with Gasteiger partial charge in [-0.15, -0.1) is 0 Å². The standard InChI is InChI=1S/C9H9N4O2/c1-14-7-3-2-4-8(5-7)15-6-9-10-12-13-11-9/h2-5H,6H2,1H3/q-1. The SMILES string of the molecule is COc1cccc(OCc2nnn[n-]2)c1. The lowest BCUT2D eigenvalue weighted by Gasteiger charge is -2.06. The lowest BCUT2D eigenvalue weighted by molar-refractivity contribution is 0.293. The van der Waals surface area contributed by atoms with E-state index in [9.17, 15) is 0 Å². The van der Waals surface area contributed by atoms with Gasteiger partial charge in [-0.3, -0.25) is 10.3 Å². The molecule has 1 heterocycles. The number of methoxy groups -OCH3 is 1. The molecule has 0 amide bonds. The van der Waals surface area contributed by atoms with E-state index in [2.05, 4.69) is 20.6 Å². The lowest BCUT2D eigenvalue weighted by Crippen LogP contribution is -1.99. The van der Waals surface area contributed by atoms with Crippen molar-refractivity contribution in [1.29, 1.82) is 0 Å². The van der Waals surface area contributed by atoms with Crippen LogP contribution < -0.4 is 14.6 Å². The minimum absolute atomic E-state index is 0.250. The van der Waals surface area contributed by atoms with Crippen LogP contribution in [0, 0.1) is 0 Å². The second kappa shape index (κ2) is 4.41. The van der Waals surface area contributed by atoms with Gasteiger partial charge in [-0.25, -0.2) is 0 Å². The average molecular weight is 205 g/mol. The maximum atomic E-state index is 5.41. The zero-order valence-electron chi connectivity index (χ0n) is 8.12. The van der Waals surface area contributed by atoms with Crippen molar-refractivity contribution in [3.05, 3.63) is 30.1 Å². The molecule has 6 nitrogen and oxygen atoms in total. The highest BCUT2D eigenvalue weighted by molar-refractivity contribution is 5.32. The molecule has 1 aromatic carbocycles. The van der Waals surface area contributed by atoms with Gasteiger partial charge in [0.2, 0.25) is 0 Å². The van der Waals surface area contributed by atoms with E-state index in [1.807, 2.05) is 18.2 Å². The first-order valence-corrected chi connectivity index (χ1v) is 4.33. The summed E-state index contributed by atoms with van der Waals surface area (Å²) in [5.74, 6) is 1.89. The fourth-order valence-corrected chi connectivity index (χ4v) is 1.06. The maximum absolute atomic E-state index is 5.41. The molecule has 2 aromatic rings. The van der Waals surface area contributed by atoms with E-state index in [1.54, 1.807) is 13.2 Å². The normalized spacial score (nSPS) is 9.93. The Hall–Kier alpha value is -2.11. The largest absolute Gasteiger partial charge is 0.497 e. The number of rotatable bonds is 4. The number of hydrogen-bond acceptors (Lipinski definition) is 5. The second-order valence-corrected chi connectivity index (χ2v) is 2.76. The van der Waals surface area contributed by atoms with Crippen LogP contribution >= 0.6 is 0 Å². The molecular formula is C9H9N4O2-. The van der Waals surface area contributed by atoms with Gasteiger partial charge < -0.3 is 14.6 Å². The molecule has 0 atom stereocenters. The Morgan fingerprint density at radius 3 is 2.93 bits per heavy atom. The molecule has 0 bridgehead atoms. The molecule has 0 saturated heterocycles. The van der Waals surface area contributed by atoms with Crippen molar-refractivity contribution in [2.75, 3.05) is 7.11 Å². The van der Waals surface area contributed by atoms with Crippen LogP contribution in [-0.2, 0) is 6.61 Å². The first kappa shape index (κ1) is 9.45. The second-order valence-electron chi connectivity index (χ2n) is 2.76. The van der Waals surface area contributed by atoms with E-state index in [0.717, 1.165) is 5.75 Å². The minimum Gasteiger partial charge on any atom is -0.497 e. The van der Waals surface area contributed by atoms with Gasteiger partial charge in [0, 0.05) is 11.9 Å². The highest BCUT2D eigenvalue weighted by atomic mass is 16.5. The third-order valence-electron chi connectivity index (χ3n) is 1.77. The fourth-order valence-electron chi connectivity index (χ4n) is 1.06. The van der Waals surface area contributed by atoms with E-state index < -0.39 is 0 Å². The molecule has 6 heteroatoms. The van der Waals surface area contributed by atoms with Gasteiger partial charge >= 0.3 is 0 Å². The predicted molar refractivity (Wildman–Crippen MR) is 50.5 cm³/mol. The fraction of sp³-hybridized carbons (Fsp3) is 0.222. The van der Waals surface area contributed by atoms with Crippen molar-refractivity contribution >= 4 is 0 Å². The summed E-state index contributed by atoms with van der Waals surface area (Å²) < 4.78 is 10.5. The van der Waals surface area contributed by atoms with Crippen molar-refractivity contribution in [1.82, 2.24) is 20.6 Å². The number of aromatic nitrogens is 4. The summed E-state index contributed by atoms with van der Waals surface area (Å²) in [5.41, 5.74) is 0. The molecule has 0 fully saturated rings. The highest BCUT2D eigenvalue weighted by Gasteiger charge is 1.96. The Labute approximate surface area is 86.2 Å². The Bertz CT molecular complexity index is 416. The molecule has 78 valence electrons. The zero-order chi connectivity index (χ0) is 10.5. The number of benzene rings is 1. The van der Waals surface area contributed by atoms with Crippen LogP contribution in [-0.4, -0.2) is 22.6 Å². The van der Waals surface area contributed by atoms with Crippen LogP contribution in [0.2, 0.25) is 0 Å². The molecule has 0 unspecified atom stereocenters. The highest BCUT2D eigenvalue weighted by Crippen LogP contribution is 2.19. The van der Waals surface area contributed by atoms with Crippen molar-refractivity contribution in [2.24, 2.45) is 0 Å². The van der Waals surface area contributed by atoms with Crippen molar-refractivity contribution < 1.29 is 9.47 Å². The lowest BCUT2D eigenvalue weighted by atomic mass is 10.3. The summed E-state index contributed by atoms with van der Waals surface area (Å²) in [4.78, 5) is 0. The molecule has 0 N–H and O–H groups in total. The zero-order valence-corrected chi connectivity index (χ0v) is 8.12. The Morgan fingerprint density at radius 2 is 2.20 bits per heavy atom. The number of hydrogen-bond donors (Lipinski definition) is 0. The molecule has 0 spiro atoms. The Balaban J connectivity index is 1.98. The summed E-state index contributed by atoms with van der Waals surface area (Å²) in [5, 5.41) is 14.0. The average Bonchev–Trinajstić information content (AvgIpc) is 2.79. The molecule has 1 aromatic heterocycles. The molecule has 0 aliphatic carbocycles.